The number of furan rings is 1. The van der Waals surface area contributed by atoms with Crippen LogP contribution in [0.4, 0.5) is 24.5 Å². The Morgan fingerprint density at radius 3 is 2.55 bits per heavy atom. The van der Waals surface area contributed by atoms with E-state index < -0.39 is 39.5 Å². The molecule has 0 radical (unpaired) electrons. The van der Waals surface area contributed by atoms with Crippen LogP contribution in [0.15, 0.2) is 58.5 Å². The van der Waals surface area contributed by atoms with E-state index in [-0.39, 0.29) is 21.6 Å². The summed E-state index contributed by atoms with van der Waals surface area (Å²) in [6, 6.07) is 11.2. The standard InChI is InChI=1S/C21H10Cl2F3N3O4/c22-16-3-1-2-14(19(16)23)18-7-5-13(33-18)8-11(10-27)20(30)28-17-6-4-12(29(31)32)9-15(17)21(24,25)26/h1-9H,(H,28,30)/b11-8+. The van der Waals surface area contributed by atoms with E-state index in [9.17, 15) is 33.3 Å². The summed E-state index contributed by atoms with van der Waals surface area (Å²) in [6.07, 6.45) is -3.97. The van der Waals surface area contributed by atoms with Crippen molar-refractivity contribution in [2.45, 2.75) is 6.18 Å². The molecular weight excluding hydrogens is 486 g/mol. The van der Waals surface area contributed by atoms with Crippen LogP contribution in [-0.2, 0) is 11.0 Å². The number of nitro groups is 1. The van der Waals surface area contributed by atoms with Crippen molar-refractivity contribution in [3.63, 3.8) is 0 Å². The van der Waals surface area contributed by atoms with Crippen molar-refractivity contribution in [3.05, 3.63) is 85.6 Å². The number of non-ortho nitro benzene ring substituents is 1. The number of nitrogens with one attached hydrogen (secondary N) is 1. The van der Waals surface area contributed by atoms with Gasteiger partial charge in [-0.2, -0.15) is 18.4 Å². The van der Waals surface area contributed by atoms with E-state index >= 15 is 0 Å². The Labute approximate surface area is 193 Å². The lowest BCUT2D eigenvalue weighted by molar-refractivity contribution is -0.385. The average Bonchev–Trinajstić information content (AvgIpc) is 3.21. The zero-order valence-electron chi connectivity index (χ0n) is 16.1. The minimum atomic E-state index is -4.99. The van der Waals surface area contributed by atoms with Crippen LogP contribution in [0, 0.1) is 21.4 Å². The van der Waals surface area contributed by atoms with E-state index in [1.807, 2.05) is 5.32 Å². The number of amides is 1. The third-order valence-electron chi connectivity index (χ3n) is 4.26. The number of benzene rings is 2. The molecule has 0 atom stereocenters. The molecule has 0 saturated carbocycles. The molecule has 0 aliphatic heterocycles. The molecule has 0 spiro atoms. The van der Waals surface area contributed by atoms with Gasteiger partial charge in [0.1, 0.15) is 23.2 Å². The maximum absolute atomic E-state index is 13.3. The Hall–Kier alpha value is -3.81. The van der Waals surface area contributed by atoms with Crippen molar-refractivity contribution in [3.8, 4) is 17.4 Å². The first-order valence-electron chi connectivity index (χ1n) is 8.84. The van der Waals surface area contributed by atoms with Crippen molar-refractivity contribution in [2.24, 2.45) is 0 Å². The minimum Gasteiger partial charge on any atom is -0.457 e. The number of rotatable bonds is 5. The first-order valence-corrected chi connectivity index (χ1v) is 9.60. The Kier molecular flexibility index (Phi) is 6.76. The molecule has 3 aromatic rings. The summed E-state index contributed by atoms with van der Waals surface area (Å²) in [5, 5.41) is 22.6. The molecule has 12 heteroatoms. The van der Waals surface area contributed by atoms with E-state index in [1.165, 1.54) is 12.1 Å². The van der Waals surface area contributed by atoms with Gasteiger partial charge in [0.15, 0.2) is 0 Å². The molecule has 3 rings (SSSR count). The second-order valence-corrected chi connectivity index (χ2v) is 7.20. The van der Waals surface area contributed by atoms with Gasteiger partial charge in [-0.1, -0.05) is 29.3 Å². The van der Waals surface area contributed by atoms with Gasteiger partial charge in [0.05, 0.1) is 26.2 Å². The highest BCUT2D eigenvalue weighted by atomic mass is 35.5. The second-order valence-electron chi connectivity index (χ2n) is 6.41. The van der Waals surface area contributed by atoms with Crippen LogP contribution in [0.2, 0.25) is 10.0 Å². The summed E-state index contributed by atoms with van der Waals surface area (Å²) in [7, 11) is 0. The van der Waals surface area contributed by atoms with Gasteiger partial charge in [-0.25, -0.2) is 0 Å². The number of anilines is 1. The molecule has 1 N–H and O–H groups in total. The van der Waals surface area contributed by atoms with Crippen molar-refractivity contribution >= 4 is 46.6 Å². The quantitative estimate of drug-likeness (QED) is 0.182. The lowest BCUT2D eigenvalue weighted by atomic mass is 10.1. The van der Waals surface area contributed by atoms with Crippen LogP contribution in [0.3, 0.4) is 0 Å². The minimum absolute atomic E-state index is 0.0486. The van der Waals surface area contributed by atoms with Gasteiger partial charge in [0.2, 0.25) is 0 Å². The predicted molar refractivity (Wildman–Crippen MR) is 114 cm³/mol. The lowest BCUT2D eigenvalue weighted by Gasteiger charge is -2.13. The largest absolute Gasteiger partial charge is 0.457 e. The van der Waals surface area contributed by atoms with Crippen molar-refractivity contribution < 1.29 is 27.3 Å². The fraction of sp³-hybridized carbons (Fsp3) is 0.0476. The van der Waals surface area contributed by atoms with E-state index in [4.69, 9.17) is 27.6 Å². The summed E-state index contributed by atoms with van der Waals surface area (Å²) >= 11 is 12.1. The molecule has 33 heavy (non-hydrogen) atoms. The Morgan fingerprint density at radius 2 is 1.91 bits per heavy atom. The number of nitro benzene ring substituents is 1. The molecule has 0 unspecified atom stereocenters. The van der Waals surface area contributed by atoms with E-state index in [0.29, 0.717) is 11.6 Å². The molecule has 0 bridgehead atoms. The summed E-state index contributed by atoms with van der Waals surface area (Å²) < 4.78 is 45.5. The van der Waals surface area contributed by atoms with E-state index in [1.54, 1.807) is 24.3 Å². The van der Waals surface area contributed by atoms with Gasteiger partial charge < -0.3 is 9.73 Å². The first-order chi connectivity index (χ1) is 15.5. The molecule has 1 amide bonds. The van der Waals surface area contributed by atoms with Crippen LogP contribution in [0.25, 0.3) is 17.4 Å². The Balaban J connectivity index is 1.90. The SMILES string of the molecule is N#C/C(=C\c1ccc(-c2cccc(Cl)c2Cl)o1)C(=O)Nc1ccc([N+](=O)[O-])cc1C(F)(F)F. The van der Waals surface area contributed by atoms with Crippen LogP contribution in [0.1, 0.15) is 11.3 Å². The van der Waals surface area contributed by atoms with E-state index in [2.05, 4.69) is 0 Å². The third kappa shape index (κ3) is 5.34. The molecule has 168 valence electrons. The number of carbonyl (C=O) groups is 1. The summed E-state index contributed by atoms with van der Waals surface area (Å²) in [5.41, 5.74) is -3.10. The highest BCUT2D eigenvalue weighted by molar-refractivity contribution is 6.43. The summed E-state index contributed by atoms with van der Waals surface area (Å²) in [6.45, 7) is 0. The monoisotopic (exact) mass is 495 g/mol. The highest BCUT2D eigenvalue weighted by Crippen LogP contribution is 2.37. The molecule has 0 saturated heterocycles. The normalized spacial score (nSPS) is 11.7. The molecule has 2 aromatic carbocycles. The third-order valence-corrected chi connectivity index (χ3v) is 5.08. The van der Waals surface area contributed by atoms with Gasteiger partial charge in [0, 0.05) is 23.8 Å². The average molecular weight is 496 g/mol. The van der Waals surface area contributed by atoms with Crippen molar-refractivity contribution in [1.29, 1.82) is 5.26 Å². The second kappa shape index (κ2) is 9.36. The van der Waals surface area contributed by atoms with Crippen LogP contribution >= 0.6 is 23.2 Å². The van der Waals surface area contributed by atoms with E-state index in [0.717, 1.165) is 18.2 Å². The zero-order chi connectivity index (χ0) is 24.3. The number of halogens is 5. The maximum Gasteiger partial charge on any atom is 0.418 e. The van der Waals surface area contributed by atoms with Gasteiger partial charge in [-0.05, 0) is 30.3 Å². The van der Waals surface area contributed by atoms with Crippen molar-refractivity contribution in [1.82, 2.24) is 0 Å². The van der Waals surface area contributed by atoms with Crippen LogP contribution in [-0.4, -0.2) is 10.8 Å². The van der Waals surface area contributed by atoms with Crippen LogP contribution < -0.4 is 5.32 Å². The van der Waals surface area contributed by atoms with Crippen LogP contribution in [0.5, 0.6) is 0 Å². The first kappa shape index (κ1) is 23.8. The van der Waals surface area contributed by atoms with Gasteiger partial charge in [0.25, 0.3) is 11.6 Å². The molecule has 7 nitrogen and oxygen atoms in total. The molecule has 1 heterocycles. The number of hydrogen-bond donors (Lipinski definition) is 1. The number of nitriles is 1. The maximum atomic E-state index is 13.3. The summed E-state index contributed by atoms with van der Waals surface area (Å²) in [4.78, 5) is 22.2. The van der Waals surface area contributed by atoms with Gasteiger partial charge in [-0.3, -0.25) is 14.9 Å². The smallest absolute Gasteiger partial charge is 0.418 e. The fourth-order valence-corrected chi connectivity index (χ4v) is 3.13. The van der Waals surface area contributed by atoms with Crippen molar-refractivity contribution in [2.75, 3.05) is 5.32 Å². The number of nitrogens with zero attached hydrogens (tertiary/aromatic N) is 2. The molecule has 0 aliphatic carbocycles. The Bertz CT molecular complexity index is 1330. The lowest BCUT2D eigenvalue weighted by Crippen LogP contribution is -2.18. The van der Waals surface area contributed by atoms with Gasteiger partial charge >= 0.3 is 6.18 Å². The molecular formula is C21H10Cl2F3N3O4. The molecule has 0 aliphatic rings. The summed E-state index contributed by atoms with van der Waals surface area (Å²) in [5.74, 6) is -0.843. The topological polar surface area (TPSA) is 109 Å². The number of hydrogen-bond acceptors (Lipinski definition) is 5. The van der Waals surface area contributed by atoms with Gasteiger partial charge in [-0.15, -0.1) is 0 Å². The molecule has 1 aromatic heterocycles. The number of alkyl halides is 3. The zero-order valence-corrected chi connectivity index (χ0v) is 17.6. The highest BCUT2D eigenvalue weighted by Gasteiger charge is 2.36. The fourth-order valence-electron chi connectivity index (χ4n) is 2.74. The molecule has 0 fully saturated rings. The predicted octanol–water partition coefficient (Wildman–Crippen LogP) is 6.73. The number of carbonyl (C=O) groups excluding carboxylic acids is 1. The Morgan fingerprint density at radius 1 is 1.18 bits per heavy atom.